The number of alkyl carbamates (subject to hydrolysis) is 1. The summed E-state index contributed by atoms with van der Waals surface area (Å²) in [6.45, 7) is 1.96. The van der Waals surface area contributed by atoms with Gasteiger partial charge < -0.3 is 10.1 Å². The Morgan fingerprint density at radius 3 is 2.57 bits per heavy atom. The summed E-state index contributed by atoms with van der Waals surface area (Å²) in [5, 5.41) is 2.60. The predicted molar refractivity (Wildman–Crippen MR) is 52.0 cm³/mol. The number of ketones is 1. The van der Waals surface area contributed by atoms with E-state index >= 15 is 0 Å². The van der Waals surface area contributed by atoms with Crippen LogP contribution < -0.4 is 5.32 Å². The normalized spacial score (nSPS) is 17.3. The third-order valence-corrected chi connectivity index (χ3v) is 2.40. The topological polar surface area (TPSA) is 55.4 Å². The molecule has 4 nitrogen and oxygen atoms in total. The zero-order valence-corrected chi connectivity index (χ0v) is 8.71. The van der Waals surface area contributed by atoms with E-state index in [1.165, 1.54) is 7.11 Å². The van der Waals surface area contributed by atoms with Gasteiger partial charge in [-0.2, -0.15) is 0 Å². The van der Waals surface area contributed by atoms with Gasteiger partial charge in [-0.15, -0.1) is 0 Å². The molecule has 1 saturated carbocycles. The summed E-state index contributed by atoms with van der Waals surface area (Å²) in [6, 6.07) is -0.317. The smallest absolute Gasteiger partial charge is 0.407 e. The van der Waals surface area contributed by atoms with Gasteiger partial charge in [-0.1, -0.05) is 6.92 Å². The van der Waals surface area contributed by atoms with E-state index in [1.54, 1.807) is 0 Å². The first-order valence-electron chi connectivity index (χ1n) is 5.06. The molecular formula is C10H17NO3. The predicted octanol–water partition coefficient (Wildman–Crippen LogP) is 1.49. The molecule has 1 aliphatic carbocycles. The molecule has 0 saturated heterocycles. The quantitative estimate of drug-likeness (QED) is 0.729. The van der Waals surface area contributed by atoms with Crippen molar-refractivity contribution in [2.75, 3.05) is 7.11 Å². The van der Waals surface area contributed by atoms with Gasteiger partial charge >= 0.3 is 6.09 Å². The van der Waals surface area contributed by atoms with Crippen molar-refractivity contribution < 1.29 is 14.3 Å². The van der Waals surface area contributed by atoms with Crippen molar-refractivity contribution in [2.45, 2.75) is 38.6 Å². The monoisotopic (exact) mass is 199 g/mol. The Morgan fingerprint density at radius 2 is 2.14 bits per heavy atom. The first-order valence-corrected chi connectivity index (χ1v) is 5.06. The van der Waals surface area contributed by atoms with Crippen molar-refractivity contribution in [1.82, 2.24) is 5.32 Å². The molecule has 1 atom stereocenters. The van der Waals surface area contributed by atoms with Crippen molar-refractivity contribution >= 4 is 11.9 Å². The Morgan fingerprint density at radius 1 is 1.50 bits per heavy atom. The summed E-state index contributed by atoms with van der Waals surface area (Å²) in [7, 11) is 1.31. The maximum atomic E-state index is 11.6. The molecule has 0 radical (unpaired) electrons. The Labute approximate surface area is 84.0 Å². The van der Waals surface area contributed by atoms with Crippen molar-refractivity contribution in [3.63, 3.8) is 0 Å². The van der Waals surface area contributed by atoms with E-state index in [1.807, 2.05) is 6.92 Å². The first kappa shape index (κ1) is 11.0. The maximum Gasteiger partial charge on any atom is 0.407 e. The number of ether oxygens (including phenoxy) is 1. The number of carbonyl (C=O) groups excluding carboxylic acids is 2. The standard InChI is InChI=1S/C10H17NO3/c1-3-4-8(12)9(7-5-6-7)11-10(13)14-2/h7,9H,3-6H2,1-2H3,(H,11,13). The zero-order chi connectivity index (χ0) is 10.6. The molecule has 0 aliphatic heterocycles. The highest BCUT2D eigenvalue weighted by molar-refractivity contribution is 5.87. The third-order valence-electron chi connectivity index (χ3n) is 2.40. The summed E-state index contributed by atoms with van der Waals surface area (Å²) in [5.74, 6) is 0.466. The molecule has 0 aromatic carbocycles. The van der Waals surface area contributed by atoms with Gasteiger partial charge in [0.2, 0.25) is 0 Å². The number of Topliss-reactive ketones (excluding diaryl/α,β-unsaturated/α-hetero) is 1. The fourth-order valence-corrected chi connectivity index (χ4v) is 1.48. The average Bonchev–Trinajstić information content (AvgIpc) is 2.97. The van der Waals surface area contributed by atoms with Crippen LogP contribution in [0.15, 0.2) is 0 Å². The fraction of sp³-hybridized carbons (Fsp3) is 0.800. The molecule has 0 aromatic heterocycles. The van der Waals surface area contributed by atoms with E-state index in [9.17, 15) is 9.59 Å². The van der Waals surface area contributed by atoms with Gasteiger partial charge in [0.15, 0.2) is 5.78 Å². The van der Waals surface area contributed by atoms with Gasteiger partial charge in [0, 0.05) is 6.42 Å². The van der Waals surface area contributed by atoms with Crippen LogP contribution in [0.25, 0.3) is 0 Å². The van der Waals surface area contributed by atoms with Crippen molar-refractivity contribution in [3.8, 4) is 0 Å². The Balaban J connectivity index is 2.46. The molecule has 0 heterocycles. The summed E-state index contributed by atoms with van der Waals surface area (Å²) in [6.07, 6.45) is 2.91. The summed E-state index contributed by atoms with van der Waals surface area (Å²) < 4.78 is 4.48. The van der Waals surface area contributed by atoms with Gasteiger partial charge in [0.25, 0.3) is 0 Å². The minimum Gasteiger partial charge on any atom is -0.453 e. The molecule has 1 fully saturated rings. The second-order valence-corrected chi connectivity index (χ2v) is 3.67. The van der Waals surface area contributed by atoms with E-state index in [0.717, 1.165) is 19.3 Å². The molecule has 0 aromatic rings. The largest absolute Gasteiger partial charge is 0.453 e. The zero-order valence-electron chi connectivity index (χ0n) is 8.71. The van der Waals surface area contributed by atoms with Crippen molar-refractivity contribution in [1.29, 1.82) is 0 Å². The SMILES string of the molecule is CCCC(=O)C(NC(=O)OC)C1CC1. The van der Waals surface area contributed by atoms with Crippen LogP contribution in [-0.2, 0) is 9.53 Å². The molecular weight excluding hydrogens is 182 g/mol. The van der Waals surface area contributed by atoms with Crippen LogP contribution in [0.5, 0.6) is 0 Å². The summed E-state index contributed by atoms with van der Waals surface area (Å²) in [5.41, 5.74) is 0. The van der Waals surface area contributed by atoms with E-state index in [-0.39, 0.29) is 11.8 Å². The molecule has 1 aliphatic rings. The van der Waals surface area contributed by atoms with Crippen LogP contribution in [0.3, 0.4) is 0 Å². The van der Waals surface area contributed by atoms with Crippen LogP contribution in [-0.4, -0.2) is 25.0 Å². The van der Waals surface area contributed by atoms with Gasteiger partial charge in [-0.05, 0) is 25.2 Å². The van der Waals surface area contributed by atoms with E-state index in [2.05, 4.69) is 10.1 Å². The van der Waals surface area contributed by atoms with Gasteiger partial charge in [-0.25, -0.2) is 4.79 Å². The molecule has 1 rings (SSSR count). The van der Waals surface area contributed by atoms with Crippen LogP contribution >= 0.6 is 0 Å². The van der Waals surface area contributed by atoms with Crippen molar-refractivity contribution in [3.05, 3.63) is 0 Å². The minimum absolute atomic E-state index is 0.125. The number of nitrogens with one attached hydrogen (secondary N) is 1. The fourth-order valence-electron chi connectivity index (χ4n) is 1.48. The number of methoxy groups -OCH3 is 1. The van der Waals surface area contributed by atoms with Crippen molar-refractivity contribution in [2.24, 2.45) is 5.92 Å². The Bertz CT molecular complexity index is 223. The van der Waals surface area contributed by atoms with Crippen LogP contribution in [0.1, 0.15) is 32.6 Å². The highest BCUT2D eigenvalue weighted by atomic mass is 16.5. The number of rotatable bonds is 5. The lowest BCUT2D eigenvalue weighted by Gasteiger charge is -2.15. The summed E-state index contributed by atoms with van der Waals surface area (Å²) in [4.78, 5) is 22.6. The molecule has 1 N–H and O–H groups in total. The molecule has 0 bridgehead atoms. The van der Waals surface area contributed by atoms with Gasteiger partial charge in [0.1, 0.15) is 0 Å². The molecule has 80 valence electrons. The highest BCUT2D eigenvalue weighted by Crippen LogP contribution is 2.33. The molecule has 4 heteroatoms. The van der Waals surface area contributed by atoms with E-state index < -0.39 is 6.09 Å². The number of hydrogen-bond donors (Lipinski definition) is 1. The number of amides is 1. The lowest BCUT2D eigenvalue weighted by Crippen LogP contribution is -2.42. The molecule has 1 unspecified atom stereocenters. The highest BCUT2D eigenvalue weighted by Gasteiger charge is 2.36. The Hall–Kier alpha value is -1.06. The maximum absolute atomic E-state index is 11.6. The van der Waals surface area contributed by atoms with Crippen LogP contribution in [0.4, 0.5) is 4.79 Å². The van der Waals surface area contributed by atoms with E-state index in [0.29, 0.717) is 12.3 Å². The third kappa shape index (κ3) is 3.01. The molecule has 0 spiro atoms. The number of carbonyl (C=O) groups is 2. The van der Waals surface area contributed by atoms with E-state index in [4.69, 9.17) is 0 Å². The number of hydrogen-bond acceptors (Lipinski definition) is 3. The second-order valence-electron chi connectivity index (χ2n) is 3.67. The minimum atomic E-state index is -0.508. The second kappa shape index (κ2) is 4.98. The molecule has 14 heavy (non-hydrogen) atoms. The summed E-state index contributed by atoms with van der Waals surface area (Å²) >= 11 is 0. The lowest BCUT2D eigenvalue weighted by molar-refractivity contribution is -0.121. The first-order chi connectivity index (χ1) is 6.69. The molecule has 1 amide bonds. The Kier molecular flexibility index (Phi) is 3.92. The average molecular weight is 199 g/mol. The van der Waals surface area contributed by atoms with Crippen LogP contribution in [0.2, 0.25) is 0 Å². The lowest BCUT2D eigenvalue weighted by atomic mass is 10.0. The van der Waals surface area contributed by atoms with Crippen LogP contribution in [0, 0.1) is 5.92 Å². The van der Waals surface area contributed by atoms with Gasteiger partial charge in [0.05, 0.1) is 13.2 Å². The van der Waals surface area contributed by atoms with Gasteiger partial charge in [-0.3, -0.25) is 4.79 Å².